The molecule has 0 aromatic heterocycles. The molecule has 3 aliphatic rings. The lowest BCUT2D eigenvalue weighted by Gasteiger charge is -2.31. The monoisotopic (exact) mass is 344 g/mol. The van der Waals surface area contributed by atoms with Gasteiger partial charge >= 0.3 is 0 Å². The van der Waals surface area contributed by atoms with E-state index < -0.39 is 12.0 Å². The maximum absolute atomic E-state index is 12.8. The standard InChI is InChI=1S/C19H24N2O4/c1-2-25-17-11-7-6-10-16(17)21-18(22)12-14(19(21)23)13-20(24)15-8-4-3-5-9-15/h3-8,10-11,14-17,24H,2,9,12-13H2,1H3. The third-order valence-corrected chi connectivity index (χ3v) is 4.74. The molecule has 2 aliphatic carbocycles. The van der Waals surface area contributed by atoms with Gasteiger partial charge in [-0.15, -0.1) is 0 Å². The van der Waals surface area contributed by atoms with Gasteiger partial charge < -0.3 is 9.94 Å². The van der Waals surface area contributed by atoms with Crippen LogP contribution in [0.5, 0.6) is 0 Å². The number of hydrogen-bond donors (Lipinski definition) is 1. The van der Waals surface area contributed by atoms with Gasteiger partial charge in [0.2, 0.25) is 11.8 Å². The number of allylic oxidation sites excluding steroid dienone is 4. The summed E-state index contributed by atoms with van der Waals surface area (Å²) < 4.78 is 5.66. The zero-order valence-corrected chi connectivity index (χ0v) is 14.3. The first-order valence-electron chi connectivity index (χ1n) is 8.73. The van der Waals surface area contributed by atoms with E-state index in [-0.39, 0.29) is 36.9 Å². The Bertz CT molecular complexity index is 637. The highest BCUT2D eigenvalue weighted by Crippen LogP contribution is 2.28. The first-order chi connectivity index (χ1) is 12.1. The minimum Gasteiger partial charge on any atom is -0.372 e. The van der Waals surface area contributed by atoms with Crippen LogP contribution in [0.1, 0.15) is 19.8 Å². The molecule has 1 saturated heterocycles. The van der Waals surface area contributed by atoms with Crippen LogP contribution in [-0.4, -0.2) is 58.3 Å². The van der Waals surface area contributed by atoms with Crippen LogP contribution in [0, 0.1) is 5.92 Å². The van der Waals surface area contributed by atoms with Gasteiger partial charge in [-0.2, -0.15) is 5.06 Å². The lowest BCUT2D eigenvalue weighted by molar-refractivity contribution is -0.148. The third-order valence-electron chi connectivity index (χ3n) is 4.74. The Morgan fingerprint density at radius 2 is 1.96 bits per heavy atom. The number of hydrogen-bond acceptors (Lipinski definition) is 5. The van der Waals surface area contributed by atoms with E-state index in [0.717, 1.165) is 5.06 Å². The van der Waals surface area contributed by atoms with Crippen LogP contribution in [0.15, 0.2) is 48.6 Å². The van der Waals surface area contributed by atoms with Crippen LogP contribution in [0.3, 0.4) is 0 Å². The second kappa shape index (κ2) is 7.91. The number of ether oxygens (including phenoxy) is 1. The molecule has 4 atom stereocenters. The van der Waals surface area contributed by atoms with Crippen molar-refractivity contribution in [1.82, 2.24) is 9.96 Å². The highest BCUT2D eigenvalue weighted by atomic mass is 16.5. The summed E-state index contributed by atoms with van der Waals surface area (Å²) in [4.78, 5) is 26.6. The van der Waals surface area contributed by atoms with E-state index in [1.54, 1.807) is 0 Å². The molecule has 3 rings (SSSR count). The fourth-order valence-corrected chi connectivity index (χ4v) is 3.48. The predicted octanol–water partition coefficient (Wildman–Crippen LogP) is 1.84. The maximum Gasteiger partial charge on any atom is 0.234 e. The number of imide groups is 1. The summed E-state index contributed by atoms with van der Waals surface area (Å²) in [6.45, 7) is 2.54. The highest BCUT2D eigenvalue weighted by Gasteiger charge is 2.44. The average Bonchev–Trinajstić information content (AvgIpc) is 2.90. The predicted molar refractivity (Wildman–Crippen MR) is 92.6 cm³/mol. The Balaban J connectivity index is 1.67. The smallest absolute Gasteiger partial charge is 0.234 e. The van der Waals surface area contributed by atoms with Gasteiger partial charge in [0.1, 0.15) is 6.10 Å². The lowest BCUT2D eigenvalue weighted by atomic mass is 10.0. The first kappa shape index (κ1) is 17.8. The topological polar surface area (TPSA) is 70.1 Å². The molecule has 1 aliphatic heterocycles. The molecule has 1 N–H and O–H groups in total. The van der Waals surface area contributed by atoms with Crippen molar-refractivity contribution in [2.24, 2.45) is 5.92 Å². The Kier molecular flexibility index (Phi) is 5.63. The molecule has 6 nitrogen and oxygen atoms in total. The normalized spacial score (nSPS) is 31.6. The summed E-state index contributed by atoms with van der Waals surface area (Å²) in [6, 6.07) is -0.574. The van der Waals surface area contributed by atoms with E-state index in [4.69, 9.17) is 4.74 Å². The fraction of sp³-hybridized carbons (Fsp3) is 0.474. The molecule has 0 bridgehead atoms. The van der Waals surface area contributed by atoms with Crippen molar-refractivity contribution in [3.8, 4) is 0 Å². The Morgan fingerprint density at radius 3 is 2.68 bits per heavy atom. The second-order valence-corrected chi connectivity index (χ2v) is 6.42. The van der Waals surface area contributed by atoms with Gasteiger partial charge in [-0.1, -0.05) is 48.6 Å². The number of carbonyl (C=O) groups excluding carboxylic acids is 2. The van der Waals surface area contributed by atoms with E-state index in [1.165, 1.54) is 4.90 Å². The largest absolute Gasteiger partial charge is 0.372 e. The molecule has 0 radical (unpaired) electrons. The van der Waals surface area contributed by atoms with Crippen molar-refractivity contribution in [1.29, 1.82) is 0 Å². The number of rotatable bonds is 6. The molecule has 25 heavy (non-hydrogen) atoms. The van der Waals surface area contributed by atoms with Gasteiger partial charge in [-0.05, 0) is 13.3 Å². The molecule has 0 spiro atoms. The van der Waals surface area contributed by atoms with E-state index in [9.17, 15) is 14.8 Å². The number of nitrogens with zero attached hydrogens (tertiary/aromatic N) is 2. The molecule has 1 fully saturated rings. The number of amides is 2. The van der Waals surface area contributed by atoms with Crippen LogP contribution in [-0.2, 0) is 14.3 Å². The van der Waals surface area contributed by atoms with Crippen molar-refractivity contribution < 1.29 is 19.5 Å². The van der Waals surface area contributed by atoms with Crippen molar-refractivity contribution in [3.05, 3.63) is 48.6 Å². The van der Waals surface area contributed by atoms with Crippen LogP contribution in [0.25, 0.3) is 0 Å². The van der Waals surface area contributed by atoms with E-state index >= 15 is 0 Å². The molecule has 134 valence electrons. The van der Waals surface area contributed by atoms with Crippen LogP contribution < -0.4 is 0 Å². The summed E-state index contributed by atoms with van der Waals surface area (Å²) in [5.41, 5.74) is 0. The van der Waals surface area contributed by atoms with Gasteiger partial charge in [-0.3, -0.25) is 14.5 Å². The SMILES string of the molecule is CCOC1C=CC=CC1N1C(=O)CC(CN(O)C2C=CC=CC2)C1=O. The zero-order valence-electron chi connectivity index (χ0n) is 14.3. The van der Waals surface area contributed by atoms with E-state index in [0.29, 0.717) is 13.0 Å². The zero-order chi connectivity index (χ0) is 17.8. The molecule has 4 unspecified atom stereocenters. The van der Waals surface area contributed by atoms with Crippen molar-refractivity contribution in [2.75, 3.05) is 13.2 Å². The molecular weight excluding hydrogens is 320 g/mol. The van der Waals surface area contributed by atoms with Crippen LogP contribution in [0.4, 0.5) is 0 Å². The number of hydroxylamine groups is 2. The van der Waals surface area contributed by atoms with Gasteiger partial charge in [0.05, 0.1) is 18.0 Å². The Labute approximate surface area is 147 Å². The Hall–Kier alpha value is -2.02. The first-order valence-corrected chi connectivity index (χ1v) is 8.73. The van der Waals surface area contributed by atoms with Gasteiger partial charge in [0, 0.05) is 19.6 Å². The van der Waals surface area contributed by atoms with Gasteiger partial charge in [0.15, 0.2) is 0 Å². The van der Waals surface area contributed by atoms with Crippen molar-refractivity contribution >= 4 is 11.8 Å². The van der Waals surface area contributed by atoms with E-state index in [2.05, 4.69) is 0 Å². The van der Waals surface area contributed by atoms with Crippen LogP contribution >= 0.6 is 0 Å². The molecule has 0 saturated carbocycles. The minimum atomic E-state index is -0.529. The summed E-state index contributed by atoms with van der Waals surface area (Å²) in [6.07, 6.45) is 15.5. The summed E-state index contributed by atoms with van der Waals surface area (Å²) in [5.74, 6) is -0.982. The lowest BCUT2D eigenvalue weighted by Crippen LogP contribution is -2.47. The quantitative estimate of drug-likeness (QED) is 0.588. The third kappa shape index (κ3) is 3.81. The van der Waals surface area contributed by atoms with Gasteiger partial charge in [-0.25, -0.2) is 0 Å². The molecule has 2 amide bonds. The van der Waals surface area contributed by atoms with Crippen molar-refractivity contribution in [3.63, 3.8) is 0 Å². The summed E-state index contributed by atoms with van der Waals surface area (Å²) >= 11 is 0. The summed E-state index contributed by atoms with van der Waals surface area (Å²) in [5, 5.41) is 11.5. The number of likely N-dealkylation sites (tertiary alicyclic amines) is 1. The molecule has 0 aromatic carbocycles. The highest BCUT2D eigenvalue weighted by molar-refractivity contribution is 6.04. The maximum atomic E-state index is 12.8. The van der Waals surface area contributed by atoms with E-state index in [1.807, 2.05) is 55.5 Å². The molecular formula is C19H24N2O4. The molecule has 6 heteroatoms. The summed E-state index contributed by atoms with van der Waals surface area (Å²) in [7, 11) is 0. The average molecular weight is 344 g/mol. The minimum absolute atomic E-state index is 0.120. The Morgan fingerprint density at radius 1 is 1.20 bits per heavy atom. The number of carbonyl (C=O) groups is 2. The van der Waals surface area contributed by atoms with Crippen molar-refractivity contribution in [2.45, 2.75) is 38.0 Å². The molecule has 0 aromatic rings. The molecule has 1 heterocycles. The van der Waals surface area contributed by atoms with Gasteiger partial charge in [0.25, 0.3) is 0 Å². The fourth-order valence-electron chi connectivity index (χ4n) is 3.48. The van der Waals surface area contributed by atoms with Crippen LogP contribution in [0.2, 0.25) is 0 Å². The second-order valence-electron chi connectivity index (χ2n) is 6.42.